The van der Waals surface area contributed by atoms with Gasteiger partial charge in [0.2, 0.25) is 17.7 Å². The van der Waals surface area contributed by atoms with Crippen molar-refractivity contribution in [1.82, 2.24) is 4.90 Å². The van der Waals surface area contributed by atoms with Crippen LogP contribution in [0.15, 0.2) is 18.2 Å². The van der Waals surface area contributed by atoms with Crippen LogP contribution in [0, 0.1) is 6.92 Å². The van der Waals surface area contributed by atoms with Crippen molar-refractivity contribution in [3.63, 3.8) is 0 Å². The quantitative estimate of drug-likeness (QED) is 0.783. The minimum Gasteiger partial charge on any atom is -0.494 e. The average Bonchev–Trinajstić information content (AvgIpc) is 2.84. The predicted octanol–water partition coefficient (Wildman–Crippen LogP) is 2.26. The predicted molar refractivity (Wildman–Crippen MR) is 86.2 cm³/mol. The third-order valence-corrected chi connectivity index (χ3v) is 3.66. The van der Waals surface area contributed by atoms with Gasteiger partial charge in [0.25, 0.3) is 0 Å². The van der Waals surface area contributed by atoms with E-state index in [0.29, 0.717) is 12.3 Å². The maximum absolute atomic E-state index is 12.0. The summed E-state index contributed by atoms with van der Waals surface area (Å²) in [5, 5.41) is 2.80. The minimum absolute atomic E-state index is 0.102. The maximum atomic E-state index is 12.0. The Labute approximate surface area is 135 Å². The molecule has 1 fully saturated rings. The molecule has 6 nitrogen and oxygen atoms in total. The van der Waals surface area contributed by atoms with E-state index in [9.17, 15) is 14.4 Å². The molecule has 1 aliphatic rings. The van der Waals surface area contributed by atoms with E-state index in [4.69, 9.17) is 4.74 Å². The molecule has 0 radical (unpaired) electrons. The summed E-state index contributed by atoms with van der Waals surface area (Å²) in [6, 6.07) is 5.48. The minimum atomic E-state index is -0.220. The third-order valence-electron chi connectivity index (χ3n) is 3.66. The van der Waals surface area contributed by atoms with E-state index in [1.807, 2.05) is 26.0 Å². The third kappa shape index (κ3) is 4.55. The van der Waals surface area contributed by atoms with Gasteiger partial charge in [0, 0.05) is 31.5 Å². The highest BCUT2D eigenvalue weighted by atomic mass is 16.5. The van der Waals surface area contributed by atoms with Crippen molar-refractivity contribution in [2.24, 2.45) is 0 Å². The van der Waals surface area contributed by atoms with Crippen molar-refractivity contribution in [2.45, 2.75) is 39.5 Å². The monoisotopic (exact) mass is 318 g/mol. The van der Waals surface area contributed by atoms with Gasteiger partial charge in [-0.15, -0.1) is 0 Å². The highest BCUT2D eigenvalue weighted by Gasteiger charge is 2.28. The van der Waals surface area contributed by atoms with Gasteiger partial charge in [-0.1, -0.05) is 6.92 Å². The lowest BCUT2D eigenvalue weighted by atomic mass is 10.2. The number of hydrogen-bond acceptors (Lipinski definition) is 4. The zero-order chi connectivity index (χ0) is 16.8. The van der Waals surface area contributed by atoms with Crippen LogP contribution in [-0.2, 0) is 14.4 Å². The molecule has 0 atom stereocenters. The average molecular weight is 318 g/mol. The number of aryl methyl sites for hydroxylation is 1. The van der Waals surface area contributed by atoms with Gasteiger partial charge in [-0.25, -0.2) is 0 Å². The van der Waals surface area contributed by atoms with E-state index in [-0.39, 0.29) is 43.5 Å². The normalized spacial score (nSPS) is 14.3. The molecule has 1 heterocycles. The lowest BCUT2D eigenvalue weighted by molar-refractivity contribution is -0.138. The Hall–Kier alpha value is -2.37. The Balaban J connectivity index is 1.87. The molecule has 1 aliphatic heterocycles. The molecule has 1 aromatic carbocycles. The topological polar surface area (TPSA) is 75.7 Å². The molecule has 23 heavy (non-hydrogen) atoms. The van der Waals surface area contributed by atoms with Crippen LogP contribution in [0.1, 0.15) is 38.2 Å². The first-order valence-corrected chi connectivity index (χ1v) is 7.87. The number of carbonyl (C=O) groups excluding carboxylic acids is 3. The van der Waals surface area contributed by atoms with Crippen LogP contribution >= 0.6 is 0 Å². The number of rotatable bonds is 7. The summed E-state index contributed by atoms with van der Waals surface area (Å²) in [6.45, 7) is 4.72. The van der Waals surface area contributed by atoms with E-state index in [2.05, 4.69) is 5.32 Å². The van der Waals surface area contributed by atoms with Gasteiger partial charge in [-0.05, 0) is 37.1 Å². The number of amides is 3. The lowest BCUT2D eigenvalue weighted by Gasteiger charge is -2.14. The second-order valence-electron chi connectivity index (χ2n) is 5.56. The first-order chi connectivity index (χ1) is 11.0. The van der Waals surface area contributed by atoms with Gasteiger partial charge in [0.05, 0.1) is 6.61 Å². The number of benzene rings is 1. The number of imide groups is 1. The molecular formula is C17H22N2O4. The first-order valence-electron chi connectivity index (χ1n) is 7.87. The number of hydrogen-bond donors (Lipinski definition) is 1. The van der Waals surface area contributed by atoms with Crippen LogP contribution in [-0.4, -0.2) is 35.8 Å². The molecule has 2 rings (SSSR count). The molecule has 124 valence electrons. The smallest absolute Gasteiger partial charge is 0.229 e. The summed E-state index contributed by atoms with van der Waals surface area (Å²) in [5.41, 5.74) is 1.61. The van der Waals surface area contributed by atoms with E-state index >= 15 is 0 Å². The Bertz CT molecular complexity index is 597. The van der Waals surface area contributed by atoms with Gasteiger partial charge >= 0.3 is 0 Å². The fraction of sp³-hybridized carbons (Fsp3) is 0.471. The molecule has 1 N–H and O–H groups in total. The SMILES string of the molecule is CCCOc1ccc(NC(=O)CCN2C(=O)CCC2=O)c(C)c1. The van der Waals surface area contributed by atoms with E-state index in [0.717, 1.165) is 22.6 Å². The molecule has 0 unspecified atom stereocenters. The molecule has 0 aliphatic carbocycles. The molecular weight excluding hydrogens is 296 g/mol. The van der Waals surface area contributed by atoms with Crippen molar-refractivity contribution in [2.75, 3.05) is 18.5 Å². The molecule has 0 bridgehead atoms. The highest BCUT2D eigenvalue weighted by molar-refractivity contribution is 6.02. The van der Waals surface area contributed by atoms with Crippen LogP contribution < -0.4 is 10.1 Å². The van der Waals surface area contributed by atoms with Crippen molar-refractivity contribution in [3.8, 4) is 5.75 Å². The second kappa shape index (κ2) is 7.76. The number of nitrogens with zero attached hydrogens (tertiary/aromatic N) is 1. The van der Waals surface area contributed by atoms with Crippen LogP contribution in [0.2, 0.25) is 0 Å². The van der Waals surface area contributed by atoms with Crippen LogP contribution in [0.25, 0.3) is 0 Å². The van der Waals surface area contributed by atoms with Crippen molar-refractivity contribution in [1.29, 1.82) is 0 Å². The van der Waals surface area contributed by atoms with Crippen LogP contribution in [0.4, 0.5) is 5.69 Å². The molecule has 1 aromatic rings. The van der Waals surface area contributed by atoms with Crippen molar-refractivity contribution >= 4 is 23.4 Å². The largest absolute Gasteiger partial charge is 0.494 e. The Kier molecular flexibility index (Phi) is 5.73. The summed E-state index contributed by atoms with van der Waals surface area (Å²) in [5.74, 6) is 0.159. The first kappa shape index (κ1) is 17.0. The molecule has 0 aromatic heterocycles. The van der Waals surface area contributed by atoms with Gasteiger partial charge in [0.15, 0.2) is 0 Å². The lowest BCUT2D eigenvalue weighted by Crippen LogP contribution is -2.32. The Morgan fingerprint density at radius 2 is 1.96 bits per heavy atom. The molecule has 6 heteroatoms. The summed E-state index contributed by atoms with van der Waals surface area (Å²) >= 11 is 0. The Morgan fingerprint density at radius 1 is 1.26 bits per heavy atom. The standard InChI is InChI=1S/C17H22N2O4/c1-3-10-23-13-4-5-14(12(2)11-13)18-15(20)8-9-19-16(21)6-7-17(19)22/h4-5,11H,3,6-10H2,1-2H3,(H,18,20). The molecule has 0 spiro atoms. The fourth-order valence-corrected chi connectivity index (χ4v) is 2.38. The number of likely N-dealkylation sites (tertiary alicyclic amines) is 1. The zero-order valence-electron chi connectivity index (χ0n) is 13.6. The molecule has 0 saturated carbocycles. The van der Waals surface area contributed by atoms with Gasteiger partial charge in [-0.2, -0.15) is 0 Å². The van der Waals surface area contributed by atoms with E-state index in [1.54, 1.807) is 6.07 Å². The van der Waals surface area contributed by atoms with Crippen molar-refractivity contribution < 1.29 is 19.1 Å². The van der Waals surface area contributed by atoms with Gasteiger partial charge < -0.3 is 10.1 Å². The summed E-state index contributed by atoms with van der Waals surface area (Å²) in [4.78, 5) is 36.1. The Morgan fingerprint density at radius 3 is 2.57 bits per heavy atom. The maximum Gasteiger partial charge on any atom is 0.229 e. The summed E-state index contributed by atoms with van der Waals surface area (Å²) in [6.07, 6.45) is 1.54. The molecule has 1 saturated heterocycles. The van der Waals surface area contributed by atoms with Crippen molar-refractivity contribution in [3.05, 3.63) is 23.8 Å². The van der Waals surface area contributed by atoms with Gasteiger partial charge in [0.1, 0.15) is 5.75 Å². The van der Waals surface area contributed by atoms with Crippen LogP contribution in [0.3, 0.4) is 0 Å². The fourth-order valence-electron chi connectivity index (χ4n) is 2.38. The number of nitrogens with one attached hydrogen (secondary N) is 1. The van der Waals surface area contributed by atoms with Gasteiger partial charge in [-0.3, -0.25) is 19.3 Å². The number of carbonyl (C=O) groups is 3. The number of ether oxygens (including phenoxy) is 1. The highest BCUT2D eigenvalue weighted by Crippen LogP contribution is 2.22. The van der Waals surface area contributed by atoms with Crippen LogP contribution in [0.5, 0.6) is 5.75 Å². The molecule has 3 amide bonds. The number of anilines is 1. The summed E-state index contributed by atoms with van der Waals surface area (Å²) < 4.78 is 5.54. The van der Waals surface area contributed by atoms with E-state index in [1.165, 1.54) is 0 Å². The summed E-state index contributed by atoms with van der Waals surface area (Å²) in [7, 11) is 0. The zero-order valence-corrected chi connectivity index (χ0v) is 13.6. The van der Waals surface area contributed by atoms with E-state index < -0.39 is 0 Å². The second-order valence-corrected chi connectivity index (χ2v) is 5.56.